The molecule has 1 fully saturated rings. The summed E-state index contributed by atoms with van der Waals surface area (Å²) in [5.41, 5.74) is 1.92. The Bertz CT molecular complexity index is 633. The Morgan fingerprint density at radius 2 is 2.11 bits per heavy atom. The van der Waals surface area contributed by atoms with Gasteiger partial charge in [0, 0.05) is 45.9 Å². The lowest BCUT2D eigenvalue weighted by molar-refractivity contribution is -0.116. The van der Waals surface area contributed by atoms with E-state index in [0.717, 1.165) is 36.3 Å². The topological polar surface area (TPSA) is 66.0 Å². The standard InChI is InChI=1S/C21H34N4O2.HI/c1-16(2)12-20(26)24-19-7-5-6-18(13-19)14-23-21(22-3)25(4)10-11-27-15-17-8-9-17;/h5-7,13,16-17H,8-12,14-15H2,1-4H3,(H,22,23)(H,24,26);1H. The van der Waals surface area contributed by atoms with Crippen LogP contribution >= 0.6 is 24.0 Å². The van der Waals surface area contributed by atoms with E-state index in [1.54, 1.807) is 7.05 Å². The smallest absolute Gasteiger partial charge is 0.224 e. The fraction of sp³-hybridized carbons (Fsp3) is 0.619. The summed E-state index contributed by atoms with van der Waals surface area (Å²) in [6.07, 6.45) is 3.16. The highest BCUT2D eigenvalue weighted by molar-refractivity contribution is 14.0. The summed E-state index contributed by atoms with van der Waals surface area (Å²) in [6.45, 7) is 7.13. The Morgan fingerprint density at radius 1 is 1.36 bits per heavy atom. The van der Waals surface area contributed by atoms with Gasteiger partial charge >= 0.3 is 0 Å². The average Bonchev–Trinajstić information content (AvgIpc) is 3.43. The number of nitrogens with zero attached hydrogens (tertiary/aromatic N) is 2. The van der Waals surface area contributed by atoms with E-state index in [1.807, 2.05) is 45.2 Å². The van der Waals surface area contributed by atoms with Crippen molar-refractivity contribution in [1.82, 2.24) is 10.2 Å². The van der Waals surface area contributed by atoms with Crippen LogP contribution in [0.4, 0.5) is 5.69 Å². The van der Waals surface area contributed by atoms with Crippen molar-refractivity contribution in [1.29, 1.82) is 0 Å². The predicted molar refractivity (Wildman–Crippen MR) is 126 cm³/mol. The summed E-state index contributed by atoms with van der Waals surface area (Å²) in [5.74, 6) is 2.03. The number of rotatable bonds is 10. The number of benzene rings is 1. The van der Waals surface area contributed by atoms with Crippen molar-refractivity contribution in [3.05, 3.63) is 29.8 Å². The Kier molecular flexibility index (Phi) is 11.4. The number of carbonyl (C=O) groups excluding carboxylic acids is 1. The van der Waals surface area contributed by atoms with Gasteiger partial charge in [0.05, 0.1) is 6.61 Å². The molecule has 1 aliphatic rings. The van der Waals surface area contributed by atoms with E-state index in [9.17, 15) is 4.79 Å². The number of hydrogen-bond acceptors (Lipinski definition) is 3. The van der Waals surface area contributed by atoms with Gasteiger partial charge in [-0.05, 0) is 42.4 Å². The van der Waals surface area contributed by atoms with E-state index >= 15 is 0 Å². The van der Waals surface area contributed by atoms with Crippen LogP contribution in [-0.2, 0) is 16.1 Å². The first-order chi connectivity index (χ1) is 13.0. The van der Waals surface area contributed by atoms with E-state index in [0.29, 0.717) is 25.5 Å². The molecular weight excluding hydrogens is 467 g/mol. The van der Waals surface area contributed by atoms with Crippen molar-refractivity contribution in [2.45, 2.75) is 39.7 Å². The zero-order valence-corrected chi connectivity index (χ0v) is 19.9. The van der Waals surface area contributed by atoms with E-state index < -0.39 is 0 Å². The Balaban J connectivity index is 0.00000392. The molecule has 0 unspecified atom stereocenters. The number of guanidine groups is 1. The molecule has 0 saturated heterocycles. The minimum absolute atomic E-state index is 0. The maximum absolute atomic E-state index is 11.9. The molecule has 0 heterocycles. The minimum Gasteiger partial charge on any atom is -0.379 e. The number of likely N-dealkylation sites (N-methyl/N-ethyl adjacent to an activating group) is 1. The predicted octanol–water partition coefficient (Wildman–Crippen LogP) is 3.72. The molecule has 0 aromatic heterocycles. The minimum atomic E-state index is 0. The quantitative estimate of drug-likeness (QED) is 0.222. The first kappa shape index (κ1) is 24.7. The molecule has 1 aromatic rings. The number of anilines is 1. The molecule has 2 N–H and O–H groups in total. The van der Waals surface area contributed by atoms with E-state index in [2.05, 4.69) is 20.5 Å². The molecule has 1 aromatic carbocycles. The van der Waals surface area contributed by atoms with Crippen LogP contribution < -0.4 is 10.6 Å². The number of carbonyl (C=O) groups is 1. The average molecular weight is 502 g/mol. The van der Waals surface area contributed by atoms with Crippen molar-refractivity contribution in [2.75, 3.05) is 39.2 Å². The lowest BCUT2D eigenvalue weighted by atomic mass is 10.1. The maximum Gasteiger partial charge on any atom is 0.224 e. The first-order valence-electron chi connectivity index (χ1n) is 9.86. The van der Waals surface area contributed by atoms with Crippen molar-refractivity contribution in [3.8, 4) is 0 Å². The third-order valence-corrected chi connectivity index (χ3v) is 4.45. The van der Waals surface area contributed by atoms with Gasteiger partial charge in [-0.3, -0.25) is 9.79 Å². The van der Waals surface area contributed by atoms with Gasteiger partial charge in [0.1, 0.15) is 0 Å². The number of amides is 1. The summed E-state index contributed by atoms with van der Waals surface area (Å²) in [5, 5.41) is 6.33. The molecule has 6 nitrogen and oxygen atoms in total. The molecule has 1 amide bonds. The molecular formula is C21H35IN4O2. The summed E-state index contributed by atoms with van der Waals surface area (Å²) >= 11 is 0. The fourth-order valence-electron chi connectivity index (χ4n) is 2.75. The van der Waals surface area contributed by atoms with Gasteiger partial charge in [-0.2, -0.15) is 0 Å². The van der Waals surface area contributed by atoms with E-state index in [-0.39, 0.29) is 29.9 Å². The molecule has 158 valence electrons. The number of aliphatic imine (C=N–C) groups is 1. The van der Waals surface area contributed by atoms with Crippen molar-refractivity contribution in [3.63, 3.8) is 0 Å². The van der Waals surface area contributed by atoms with Crippen molar-refractivity contribution < 1.29 is 9.53 Å². The summed E-state index contributed by atoms with van der Waals surface area (Å²) in [4.78, 5) is 18.4. The number of ether oxygens (including phenoxy) is 1. The molecule has 0 spiro atoms. The molecule has 0 bridgehead atoms. The van der Waals surface area contributed by atoms with E-state index in [4.69, 9.17) is 4.74 Å². The molecule has 0 radical (unpaired) electrons. The second kappa shape index (κ2) is 13.0. The van der Waals surface area contributed by atoms with Crippen LogP contribution in [0.25, 0.3) is 0 Å². The number of hydrogen-bond donors (Lipinski definition) is 2. The molecule has 1 saturated carbocycles. The Hall–Kier alpha value is -1.35. The van der Waals surface area contributed by atoms with Crippen LogP contribution in [-0.4, -0.2) is 50.6 Å². The monoisotopic (exact) mass is 502 g/mol. The van der Waals surface area contributed by atoms with Gasteiger partial charge in [-0.1, -0.05) is 26.0 Å². The number of halogens is 1. The second-order valence-electron chi connectivity index (χ2n) is 7.69. The maximum atomic E-state index is 11.9. The van der Waals surface area contributed by atoms with Crippen molar-refractivity contribution >= 4 is 41.5 Å². The summed E-state index contributed by atoms with van der Waals surface area (Å²) in [6, 6.07) is 7.91. The molecule has 1 aliphatic carbocycles. The lowest BCUT2D eigenvalue weighted by Crippen LogP contribution is -2.40. The summed E-state index contributed by atoms with van der Waals surface area (Å²) in [7, 11) is 3.80. The van der Waals surface area contributed by atoms with Crippen LogP contribution in [0.15, 0.2) is 29.3 Å². The third-order valence-electron chi connectivity index (χ3n) is 4.45. The molecule has 0 aliphatic heterocycles. The zero-order chi connectivity index (χ0) is 19.6. The van der Waals surface area contributed by atoms with Crippen LogP contribution in [0.1, 0.15) is 38.7 Å². The van der Waals surface area contributed by atoms with Gasteiger partial charge in [-0.25, -0.2) is 0 Å². The lowest BCUT2D eigenvalue weighted by Gasteiger charge is -2.22. The highest BCUT2D eigenvalue weighted by Gasteiger charge is 2.21. The summed E-state index contributed by atoms with van der Waals surface area (Å²) < 4.78 is 5.70. The van der Waals surface area contributed by atoms with Crippen LogP contribution in [0, 0.1) is 11.8 Å². The normalized spacial score (nSPS) is 13.8. The third kappa shape index (κ3) is 9.73. The highest BCUT2D eigenvalue weighted by atomic mass is 127. The first-order valence-corrected chi connectivity index (χ1v) is 9.86. The zero-order valence-electron chi connectivity index (χ0n) is 17.5. The molecule has 7 heteroatoms. The van der Waals surface area contributed by atoms with Crippen LogP contribution in [0.2, 0.25) is 0 Å². The Morgan fingerprint density at radius 3 is 2.75 bits per heavy atom. The molecule has 0 atom stereocenters. The van der Waals surface area contributed by atoms with E-state index in [1.165, 1.54) is 12.8 Å². The SMILES string of the molecule is CN=C(NCc1cccc(NC(=O)CC(C)C)c1)N(C)CCOCC1CC1.I. The Labute approximate surface area is 186 Å². The highest BCUT2D eigenvalue weighted by Crippen LogP contribution is 2.28. The molecule has 2 rings (SSSR count). The fourth-order valence-corrected chi connectivity index (χ4v) is 2.75. The van der Waals surface area contributed by atoms with Crippen molar-refractivity contribution in [2.24, 2.45) is 16.8 Å². The van der Waals surface area contributed by atoms with Gasteiger partial charge in [-0.15, -0.1) is 24.0 Å². The van der Waals surface area contributed by atoms with Gasteiger partial charge in [0.25, 0.3) is 0 Å². The number of nitrogens with one attached hydrogen (secondary N) is 2. The molecule has 28 heavy (non-hydrogen) atoms. The largest absolute Gasteiger partial charge is 0.379 e. The van der Waals surface area contributed by atoms with Gasteiger partial charge in [0.15, 0.2) is 5.96 Å². The van der Waals surface area contributed by atoms with Gasteiger partial charge < -0.3 is 20.3 Å². The van der Waals surface area contributed by atoms with Crippen LogP contribution in [0.5, 0.6) is 0 Å². The van der Waals surface area contributed by atoms with Crippen LogP contribution in [0.3, 0.4) is 0 Å². The second-order valence-corrected chi connectivity index (χ2v) is 7.69. The van der Waals surface area contributed by atoms with Gasteiger partial charge in [0.2, 0.25) is 5.91 Å².